The first-order chi connectivity index (χ1) is 14.7. The van der Waals surface area contributed by atoms with Crippen molar-refractivity contribution >= 4 is 22.6 Å². The largest absolute Gasteiger partial charge is 0.494 e. The van der Waals surface area contributed by atoms with E-state index in [4.69, 9.17) is 9.47 Å². The maximum absolute atomic E-state index is 12.6. The second-order valence-electron chi connectivity index (χ2n) is 6.53. The molecule has 0 atom stereocenters. The number of nitrogens with one attached hydrogen (secondary N) is 1. The van der Waals surface area contributed by atoms with Gasteiger partial charge in [0.25, 0.3) is 5.91 Å². The minimum atomic E-state index is -0.213. The molecule has 7 nitrogen and oxygen atoms in total. The molecule has 0 aliphatic carbocycles. The Bertz CT molecular complexity index is 1170. The van der Waals surface area contributed by atoms with E-state index >= 15 is 0 Å². The van der Waals surface area contributed by atoms with Gasteiger partial charge in [-0.25, -0.2) is 0 Å². The quantitative estimate of drug-likeness (QED) is 0.493. The van der Waals surface area contributed by atoms with E-state index in [2.05, 4.69) is 15.5 Å². The van der Waals surface area contributed by atoms with Crippen molar-refractivity contribution in [1.29, 1.82) is 0 Å². The van der Waals surface area contributed by atoms with Crippen LogP contribution in [0.2, 0.25) is 0 Å². The number of anilines is 1. The summed E-state index contributed by atoms with van der Waals surface area (Å²) in [6.45, 7) is 5.02. The predicted octanol–water partition coefficient (Wildman–Crippen LogP) is 4.47. The van der Waals surface area contributed by atoms with E-state index < -0.39 is 0 Å². The molecular weight excluding hydrogens is 380 g/mol. The topological polar surface area (TPSA) is 78.3 Å². The van der Waals surface area contributed by atoms with Crippen molar-refractivity contribution in [3.8, 4) is 17.2 Å². The minimum absolute atomic E-state index is 0.213. The summed E-state index contributed by atoms with van der Waals surface area (Å²) >= 11 is 0. The van der Waals surface area contributed by atoms with Crippen LogP contribution in [0, 0.1) is 0 Å². The highest BCUT2D eigenvalue weighted by Crippen LogP contribution is 2.20. The van der Waals surface area contributed by atoms with Crippen LogP contribution in [0.25, 0.3) is 16.7 Å². The number of hydrogen-bond acceptors (Lipinski definition) is 5. The van der Waals surface area contributed by atoms with Gasteiger partial charge in [0.05, 0.1) is 18.9 Å². The Hall–Kier alpha value is -3.87. The molecular formula is C23H22N4O3. The highest BCUT2D eigenvalue weighted by atomic mass is 16.5. The molecule has 0 unspecified atom stereocenters. The van der Waals surface area contributed by atoms with Crippen LogP contribution in [0.5, 0.6) is 11.5 Å². The monoisotopic (exact) mass is 402 g/mol. The first-order valence-corrected chi connectivity index (χ1v) is 9.81. The number of nitrogens with zero attached hydrogens (tertiary/aromatic N) is 3. The molecule has 7 heteroatoms. The molecule has 0 aliphatic rings. The Labute approximate surface area is 174 Å². The average Bonchev–Trinajstić information content (AvgIpc) is 3.18. The molecule has 3 aromatic carbocycles. The van der Waals surface area contributed by atoms with Gasteiger partial charge in [0.2, 0.25) is 0 Å². The summed E-state index contributed by atoms with van der Waals surface area (Å²) in [6.07, 6.45) is 0. The summed E-state index contributed by atoms with van der Waals surface area (Å²) in [5.74, 6) is 1.25. The van der Waals surface area contributed by atoms with Crippen molar-refractivity contribution in [2.45, 2.75) is 13.8 Å². The van der Waals surface area contributed by atoms with Gasteiger partial charge in [-0.2, -0.15) is 4.80 Å². The van der Waals surface area contributed by atoms with Gasteiger partial charge in [-0.3, -0.25) is 4.79 Å². The number of ether oxygens (including phenoxy) is 2. The third-order valence-electron chi connectivity index (χ3n) is 4.42. The van der Waals surface area contributed by atoms with Crippen LogP contribution in [0.3, 0.4) is 0 Å². The van der Waals surface area contributed by atoms with Gasteiger partial charge < -0.3 is 14.8 Å². The van der Waals surface area contributed by atoms with E-state index in [0.717, 1.165) is 17.0 Å². The van der Waals surface area contributed by atoms with Gasteiger partial charge >= 0.3 is 0 Å². The molecule has 1 aromatic heterocycles. The molecule has 152 valence electrons. The van der Waals surface area contributed by atoms with Crippen molar-refractivity contribution in [3.63, 3.8) is 0 Å². The molecule has 1 N–H and O–H groups in total. The molecule has 30 heavy (non-hydrogen) atoms. The van der Waals surface area contributed by atoms with Crippen LogP contribution in [-0.4, -0.2) is 34.1 Å². The fraction of sp³-hybridized carbons (Fsp3) is 0.174. The van der Waals surface area contributed by atoms with Crippen LogP contribution in [-0.2, 0) is 0 Å². The van der Waals surface area contributed by atoms with E-state index in [1.165, 1.54) is 0 Å². The second kappa shape index (κ2) is 8.65. The van der Waals surface area contributed by atoms with Crippen molar-refractivity contribution < 1.29 is 14.3 Å². The van der Waals surface area contributed by atoms with Gasteiger partial charge in [-0.1, -0.05) is 6.07 Å². The first kappa shape index (κ1) is 19.4. The molecule has 0 radical (unpaired) electrons. The zero-order valence-electron chi connectivity index (χ0n) is 16.8. The van der Waals surface area contributed by atoms with Crippen LogP contribution in [0.15, 0.2) is 66.7 Å². The van der Waals surface area contributed by atoms with Crippen molar-refractivity contribution in [1.82, 2.24) is 15.0 Å². The molecule has 0 saturated heterocycles. The Morgan fingerprint density at radius 1 is 0.867 bits per heavy atom. The summed E-state index contributed by atoms with van der Waals surface area (Å²) in [6, 6.07) is 20.1. The number of benzene rings is 3. The molecule has 0 aliphatic heterocycles. The molecule has 0 bridgehead atoms. The zero-order valence-corrected chi connectivity index (χ0v) is 16.8. The van der Waals surface area contributed by atoms with E-state index in [1.807, 2.05) is 56.3 Å². The Balaban J connectivity index is 1.53. The first-order valence-electron chi connectivity index (χ1n) is 9.81. The number of aromatic nitrogens is 3. The van der Waals surface area contributed by atoms with Crippen LogP contribution >= 0.6 is 0 Å². The molecule has 1 heterocycles. The van der Waals surface area contributed by atoms with Gasteiger partial charge in [-0.05, 0) is 74.5 Å². The number of hydrogen-bond donors (Lipinski definition) is 1. The summed E-state index contributed by atoms with van der Waals surface area (Å²) in [5, 5.41) is 11.9. The number of fused-ring (bicyclic) bond motifs is 1. The lowest BCUT2D eigenvalue weighted by atomic mass is 10.2. The third kappa shape index (κ3) is 4.25. The van der Waals surface area contributed by atoms with Crippen LogP contribution in [0.4, 0.5) is 5.69 Å². The maximum Gasteiger partial charge on any atom is 0.255 e. The van der Waals surface area contributed by atoms with E-state index in [1.54, 1.807) is 29.1 Å². The Morgan fingerprint density at radius 2 is 1.60 bits per heavy atom. The van der Waals surface area contributed by atoms with Crippen molar-refractivity contribution in [3.05, 3.63) is 72.3 Å². The minimum Gasteiger partial charge on any atom is -0.494 e. The zero-order chi connectivity index (χ0) is 20.9. The number of carbonyl (C=O) groups is 1. The lowest BCUT2D eigenvalue weighted by molar-refractivity contribution is 0.102. The van der Waals surface area contributed by atoms with E-state index in [0.29, 0.717) is 35.7 Å². The SMILES string of the molecule is CCOc1ccc(-n2nc3ccc(NC(=O)c4cccc(OCC)c4)cc3n2)cc1. The molecule has 0 spiro atoms. The third-order valence-corrected chi connectivity index (χ3v) is 4.42. The molecule has 4 aromatic rings. The summed E-state index contributed by atoms with van der Waals surface area (Å²) in [4.78, 5) is 14.2. The smallest absolute Gasteiger partial charge is 0.255 e. The second-order valence-corrected chi connectivity index (χ2v) is 6.53. The summed E-state index contributed by atoms with van der Waals surface area (Å²) in [5.41, 5.74) is 3.42. The van der Waals surface area contributed by atoms with E-state index in [9.17, 15) is 4.79 Å². The molecule has 4 rings (SSSR count). The van der Waals surface area contributed by atoms with Gasteiger partial charge in [0.1, 0.15) is 22.5 Å². The fourth-order valence-corrected chi connectivity index (χ4v) is 3.05. The average molecular weight is 402 g/mol. The highest BCUT2D eigenvalue weighted by molar-refractivity contribution is 6.05. The molecule has 1 amide bonds. The predicted molar refractivity (Wildman–Crippen MR) is 116 cm³/mol. The van der Waals surface area contributed by atoms with Crippen molar-refractivity contribution in [2.75, 3.05) is 18.5 Å². The summed E-state index contributed by atoms with van der Waals surface area (Å²) in [7, 11) is 0. The van der Waals surface area contributed by atoms with E-state index in [-0.39, 0.29) is 5.91 Å². The fourth-order valence-electron chi connectivity index (χ4n) is 3.05. The molecule has 0 saturated carbocycles. The number of rotatable bonds is 7. The Kier molecular flexibility index (Phi) is 5.61. The highest BCUT2D eigenvalue weighted by Gasteiger charge is 2.10. The summed E-state index contributed by atoms with van der Waals surface area (Å²) < 4.78 is 10.9. The Morgan fingerprint density at radius 3 is 2.37 bits per heavy atom. The van der Waals surface area contributed by atoms with Crippen LogP contribution in [0.1, 0.15) is 24.2 Å². The maximum atomic E-state index is 12.6. The van der Waals surface area contributed by atoms with Gasteiger partial charge in [-0.15, -0.1) is 10.2 Å². The standard InChI is InChI=1S/C23H22N4O3/c1-3-29-19-11-9-18(10-12-19)27-25-21-13-8-17(15-22(21)26-27)24-23(28)16-6-5-7-20(14-16)30-4-2/h5-15H,3-4H2,1-2H3,(H,24,28). The normalized spacial score (nSPS) is 10.7. The number of amides is 1. The lowest BCUT2D eigenvalue weighted by Gasteiger charge is -2.07. The van der Waals surface area contributed by atoms with Gasteiger partial charge in [0, 0.05) is 11.3 Å². The lowest BCUT2D eigenvalue weighted by Crippen LogP contribution is -2.11. The van der Waals surface area contributed by atoms with Gasteiger partial charge in [0.15, 0.2) is 0 Å². The van der Waals surface area contributed by atoms with Crippen molar-refractivity contribution in [2.24, 2.45) is 0 Å². The van der Waals surface area contributed by atoms with Crippen LogP contribution < -0.4 is 14.8 Å². The number of carbonyl (C=O) groups excluding carboxylic acids is 1. The molecule has 0 fully saturated rings.